The SMILES string of the molecule is CN(C)C(=O)CC1(CC(=O)NC(C)(C)C)CCCC1. The first-order valence-electron chi connectivity index (χ1n) is 7.15. The lowest BCUT2D eigenvalue weighted by atomic mass is 9.78. The summed E-state index contributed by atoms with van der Waals surface area (Å²) >= 11 is 0. The number of hydrogen-bond acceptors (Lipinski definition) is 2. The van der Waals surface area contributed by atoms with Gasteiger partial charge in [0.1, 0.15) is 0 Å². The van der Waals surface area contributed by atoms with E-state index in [1.54, 1.807) is 19.0 Å². The van der Waals surface area contributed by atoms with Crippen LogP contribution >= 0.6 is 0 Å². The molecule has 0 saturated heterocycles. The van der Waals surface area contributed by atoms with Gasteiger partial charge in [0, 0.05) is 32.5 Å². The molecule has 4 nitrogen and oxygen atoms in total. The minimum atomic E-state index is -0.206. The lowest BCUT2D eigenvalue weighted by molar-refractivity contribution is -0.132. The quantitative estimate of drug-likeness (QED) is 0.850. The van der Waals surface area contributed by atoms with E-state index in [9.17, 15) is 9.59 Å². The van der Waals surface area contributed by atoms with Crippen LogP contribution in [0.25, 0.3) is 0 Å². The van der Waals surface area contributed by atoms with Crippen molar-refractivity contribution in [1.82, 2.24) is 10.2 Å². The van der Waals surface area contributed by atoms with Crippen LogP contribution in [0, 0.1) is 5.41 Å². The van der Waals surface area contributed by atoms with Gasteiger partial charge in [0.15, 0.2) is 0 Å². The minimum absolute atomic E-state index is 0.0703. The molecule has 0 aromatic heterocycles. The molecular formula is C15H28N2O2. The number of amides is 2. The van der Waals surface area contributed by atoms with Gasteiger partial charge in [0.2, 0.25) is 11.8 Å². The zero-order valence-corrected chi connectivity index (χ0v) is 13.0. The second-order valence-electron chi connectivity index (χ2n) is 7.15. The molecule has 2 amide bonds. The Morgan fingerprint density at radius 2 is 1.63 bits per heavy atom. The first-order chi connectivity index (χ1) is 8.64. The van der Waals surface area contributed by atoms with Gasteiger partial charge in [-0.05, 0) is 39.0 Å². The van der Waals surface area contributed by atoms with Gasteiger partial charge in [-0.3, -0.25) is 9.59 Å². The Bertz CT molecular complexity index is 337. The molecule has 0 spiro atoms. The number of nitrogens with one attached hydrogen (secondary N) is 1. The Labute approximate surface area is 116 Å². The van der Waals surface area contributed by atoms with Crippen LogP contribution in [0.1, 0.15) is 59.3 Å². The maximum absolute atomic E-state index is 12.1. The van der Waals surface area contributed by atoms with Crippen molar-refractivity contribution in [1.29, 1.82) is 0 Å². The topological polar surface area (TPSA) is 49.4 Å². The average Bonchev–Trinajstić information content (AvgIpc) is 2.62. The summed E-state index contributed by atoms with van der Waals surface area (Å²) in [6.45, 7) is 5.95. The number of nitrogens with zero attached hydrogens (tertiary/aromatic N) is 1. The van der Waals surface area contributed by atoms with E-state index in [1.807, 2.05) is 20.8 Å². The molecule has 0 atom stereocenters. The van der Waals surface area contributed by atoms with E-state index in [4.69, 9.17) is 0 Å². The molecule has 0 unspecified atom stereocenters. The number of carbonyl (C=O) groups excluding carboxylic acids is 2. The maximum atomic E-state index is 12.1. The highest BCUT2D eigenvalue weighted by molar-refractivity contribution is 5.80. The molecule has 19 heavy (non-hydrogen) atoms. The lowest BCUT2D eigenvalue weighted by Gasteiger charge is -2.31. The lowest BCUT2D eigenvalue weighted by Crippen LogP contribution is -2.43. The third kappa shape index (κ3) is 5.21. The van der Waals surface area contributed by atoms with Gasteiger partial charge in [-0.15, -0.1) is 0 Å². The predicted octanol–water partition coefficient (Wildman–Crippen LogP) is 2.33. The predicted molar refractivity (Wildman–Crippen MR) is 76.7 cm³/mol. The van der Waals surface area contributed by atoms with Crippen molar-refractivity contribution in [3.63, 3.8) is 0 Å². The van der Waals surface area contributed by atoms with Crippen LogP contribution in [0.15, 0.2) is 0 Å². The number of carbonyl (C=O) groups is 2. The third-order valence-corrected chi connectivity index (χ3v) is 3.74. The molecule has 0 aromatic carbocycles. The molecule has 1 fully saturated rings. The van der Waals surface area contributed by atoms with Crippen LogP contribution in [0.3, 0.4) is 0 Å². The van der Waals surface area contributed by atoms with E-state index >= 15 is 0 Å². The van der Waals surface area contributed by atoms with Crippen LogP contribution in [0.4, 0.5) is 0 Å². The molecule has 0 radical (unpaired) electrons. The summed E-state index contributed by atoms with van der Waals surface area (Å²) in [6, 6.07) is 0. The number of rotatable bonds is 4. The average molecular weight is 268 g/mol. The fraction of sp³-hybridized carbons (Fsp3) is 0.867. The molecule has 0 bridgehead atoms. The minimum Gasteiger partial charge on any atom is -0.351 e. The molecule has 1 aliphatic carbocycles. The smallest absolute Gasteiger partial charge is 0.222 e. The Morgan fingerprint density at radius 3 is 2.05 bits per heavy atom. The summed E-state index contributed by atoms with van der Waals surface area (Å²) in [5.41, 5.74) is -0.320. The van der Waals surface area contributed by atoms with Gasteiger partial charge in [0.25, 0.3) is 0 Å². The van der Waals surface area contributed by atoms with Crippen LogP contribution in [0.5, 0.6) is 0 Å². The molecule has 4 heteroatoms. The Morgan fingerprint density at radius 1 is 1.11 bits per heavy atom. The van der Waals surface area contributed by atoms with Crippen molar-refractivity contribution in [3.8, 4) is 0 Å². The molecule has 110 valence electrons. The van der Waals surface area contributed by atoms with Crippen molar-refractivity contribution in [3.05, 3.63) is 0 Å². The van der Waals surface area contributed by atoms with E-state index in [-0.39, 0.29) is 22.8 Å². The first-order valence-corrected chi connectivity index (χ1v) is 7.15. The summed E-state index contributed by atoms with van der Waals surface area (Å²) in [4.78, 5) is 25.7. The Hall–Kier alpha value is -1.06. The summed E-state index contributed by atoms with van der Waals surface area (Å²) < 4.78 is 0. The van der Waals surface area contributed by atoms with Crippen molar-refractivity contribution < 1.29 is 9.59 Å². The first kappa shape index (κ1) is 16.0. The highest BCUT2D eigenvalue weighted by Crippen LogP contribution is 2.44. The summed E-state index contributed by atoms with van der Waals surface area (Å²) in [5.74, 6) is 0.200. The van der Waals surface area contributed by atoms with Crippen LogP contribution in [-0.2, 0) is 9.59 Å². The Kier molecular flexibility index (Phi) is 4.99. The molecule has 0 heterocycles. The summed E-state index contributed by atoms with van der Waals surface area (Å²) in [7, 11) is 3.56. The van der Waals surface area contributed by atoms with Crippen LogP contribution in [0.2, 0.25) is 0 Å². The third-order valence-electron chi connectivity index (χ3n) is 3.74. The van der Waals surface area contributed by atoms with E-state index in [2.05, 4.69) is 5.32 Å². The van der Waals surface area contributed by atoms with Crippen LogP contribution in [-0.4, -0.2) is 36.3 Å². The molecule has 0 aliphatic heterocycles. The summed E-state index contributed by atoms with van der Waals surface area (Å²) in [6.07, 6.45) is 5.21. The molecule has 1 N–H and O–H groups in total. The molecule has 1 aliphatic rings. The van der Waals surface area contributed by atoms with Crippen molar-refractivity contribution >= 4 is 11.8 Å². The molecule has 1 saturated carbocycles. The van der Waals surface area contributed by atoms with Gasteiger partial charge in [-0.2, -0.15) is 0 Å². The van der Waals surface area contributed by atoms with Crippen molar-refractivity contribution in [2.75, 3.05) is 14.1 Å². The molecule has 0 aromatic rings. The van der Waals surface area contributed by atoms with E-state index < -0.39 is 0 Å². The highest BCUT2D eigenvalue weighted by atomic mass is 16.2. The van der Waals surface area contributed by atoms with Crippen molar-refractivity contribution in [2.45, 2.75) is 64.8 Å². The van der Waals surface area contributed by atoms with E-state index in [0.29, 0.717) is 12.8 Å². The highest BCUT2D eigenvalue weighted by Gasteiger charge is 2.38. The standard InChI is InChI=1S/C15H28N2O2/c1-14(2,3)16-12(18)10-15(8-6-7-9-15)11-13(19)17(4)5/h6-11H2,1-5H3,(H,16,18). The zero-order chi connectivity index (χ0) is 14.7. The fourth-order valence-electron chi connectivity index (χ4n) is 2.82. The molecule has 1 rings (SSSR count). The van der Waals surface area contributed by atoms with E-state index in [0.717, 1.165) is 25.7 Å². The maximum Gasteiger partial charge on any atom is 0.222 e. The zero-order valence-electron chi connectivity index (χ0n) is 13.0. The van der Waals surface area contributed by atoms with E-state index in [1.165, 1.54) is 0 Å². The van der Waals surface area contributed by atoms with Gasteiger partial charge in [0.05, 0.1) is 0 Å². The normalized spacial score (nSPS) is 18.2. The second-order valence-corrected chi connectivity index (χ2v) is 7.15. The van der Waals surface area contributed by atoms with Crippen molar-refractivity contribution in [2.24, 2.45) is 5.41 Å². The number of hydrogen-bond donors (Lipinski definition) is 1. The largest absolute Gasteiger partial charge is 0.351 e. The van der Waals surface area contributed by atoms with Gasteiger partial charge < -0.3 is 10.2 Å². The second kappa shape index (κ2) is 5.93. The van der Waals surface area contributed by atoms with Gasteiger partial charge >= 0.3 is 0 Å². The molecular weight excluding hydrogens is 240 g/mol. The fourth-order valence-corrected chi connectivity index (χ4v) is 2.82. The monoisotopic (exact) mass is 268 g/mol. The summed E-state index contributed by atoms with van der Waals surface area (Å²) in [5, 5.41) is 3.01. The van der Waals surface area contributed by atoms with Gasteiger partial charge in [-0.1, -0.05) is 12.8 Å². The van der Waals surface area contributed by atoms with Crippen LogP contribution < -0.4 is 5.32 Å². The van der Waals surface area contributed by atoms with Gasteiger partial charge in [-0.25, -0.2) is 0 Å². The Balaban J connectivity index is 2.67.